The van der Waals surface area contributed by atoms with Gasteiger partial charge in [-0.3, -0.25) is 9.48 Å². The molecule has 5 nitrogen and oxygen atoms in total. The zero-order valence-corrected chi connectivity index (χ0v) is 10.6. The van der Waals surface area contributed by atoms with E-state index in [1.807, 2.05) is 30.3 Å². The summed E-state index contributed by atoms with van der Waals surface area (Å²) in [7, 11) is 0. The van der Waals surface area contributed by atoms with Crippen LogP contribution in [0.5, 0.6) is 0 Å². The Hall–Kier alpha value is -1.95. The van der Waals surface area contributed by atoms with Crippen LogP contribution >= 0.6 is 12.2 Å². The van der Waals surface area contributed by atoms with Gasteiger partial charge in [-0.1, -0.05) is 42.5 Å². The predicted octanol–water partition coefficient (Wildman–Crippen LogP) is 2.18. The van der Waals surface area contributed by atoms with Crippen molar-refractivity contribution in [2.24, 2.45) is 0 Å². The first-order valence-corrected chi connectivity index (χ1v) is 5.92. The molecule has 0 fully saturated rings. The number of carboxylic acid groups (broad SMARTS) is 1. The molecule has 0 saturated carbocycles. The fourth-order valence-corrected chi connectivity index (χ4v) is 1.95. The Kier molecular flexibility index (Phi) is 3.57. The minimum atomic E-state index is -0.931. The monoisotopic (exact) mass is 263 g/mol. The Balaban J connectivity index is 2.27. The van der Waals surface area contributed by atoms with Crippen LogP contribution in [0.2, 0.25) is 0 Å². The van der Waals surface area contributed by atoms with Crippen LogP contribution < -0.4 is 0 Å². The normalized spacial score (nSPS) is 12.3. The molecule has 94 valence electrons. The lowest BCUT2D eigenvalue weighted by atomic mass is 10.1. The summed E-state index contributed by atoms with van der Waals surface area (Å²) in [6, 6.07) is 9.77. The second kappa shape index (κ2) is 5.14. The molecule has 0 amide bonds. The Labute approximate surface area is 109 Å². The van der Waals surface area contributed by atoms with Crippen LogP contribution in [0.4, 0.5) is 0 Å². The largest absolute Gasteiger partial charge is 0.481 e. The van der Waals surface area contributed by atoms with E-state index >= 15 is 0 Å². The Bertz CT molecular complexity index is 603. The fraction of sp³-hybridized carbons (Fsp3) is 0.250. The van der Waals surface area contributed by atoms with Crippen LogP contribution in [0, 0.1) is 4.64 Å². The summed E-state index contributed by atoms with van der Waals surface area (Å²) >= 11 is 5.23. The highest BCUT2D eigenvalue weighted by Crippen LogP contribution is 2.14. The minimum absolute atomic E-state index is 0.397. The first-order chi connectivity index (χ1) is 8.59. The topological polar surface area (TPSA) is 70.9 Å². The molecule has 1 aromatic heterocycles. The summed E-state index contributed by atoms with van der Waals surface area (Å²) in [5.41, 5.74) is 1.47. The number of benzene rings is 1. The molecule has 18 heavy (non-hydrogen) atoms. The van der Waals surface area contributed by atoms with Gasteiger partial charge in [-0.2, -0.15) is 5.10 Å². The van der Waals surface area contributed by atoms with Crippen molar-refractivity contribution in [3.8, 4) is 0 Å². The number of hydrogen-bond donors (Lipinski definition) is 2. The molecular weight excluding hydrogens is 250 g/mol. The molecule has 0 aliphatic carbocycles. The quantitative estimate of drug-likeness (QED) is 0.829. The lowest BCUT2D eigenvalue weighted by Gasteiger charge is -2.02. The second-order valence-corrected chi connectivity index (χ2v) is 4.42. The highest BCUT2D eigenvalue weighted by molar-refractivity contribution is 7.71. The summed E-state index contributed by atoms with van der Waals surface area (Å²) in [5, 5.41) is 15.7. The number of nitrogens with zero attached hydrogens (tertiary/aromatic N) is 2. The number of carbonyl (C=O) groups is 1. The molecule has 1 atom stereocenters. The summed E-state index contributed by atoms with van der Waals surface area (Å²) < 4.78 is 2.10. The molecule has 2 N–H and O–H groups in total. The van der Waals surface area contributed by atoms with Crippen LogP contribution in [0.3, 0.4) is 0 Å². The van der Waals surface area contributed by atoms with E-state index in [0.717, 1.165) is 5.56 Å². The Morgan fingerprint density at radius 3 is 2.78 bits per heavy atom. The van der Waals surface area contributed by atoms with Crippen LogP contribution in [0.1, 0.15) is 24.1 Å². The van der Waals surface area contributed by atoms with E-state index in [9.17, 15) is 4.79 Å². The molecule has 0 spiro atoms. The van der Waals surface area contributed by atoms with Crippen LogP contribution in [0.25, 0.3) is 0 Å². The second-order valence-electron chi connectivity index (χ2n) is 4.03. The van der Waals surface area contributed by atoms with Crippen LogP contribution in [-0.2, 0) is 11.3 Å². The molecule has 2 rings (SSSR count). The van der Waals surface area contributed by atoms with Gasteiger partial charge < -0.3 is 5.11 Å². The van der Waals surface area contributed by atoms with Crippen molar-refractivity contribution in [1.82, 2.24) is 15.0 Å². The third-order valence-electron chi connectivity index (χ3n) is 2.72. The van der Waals surface area contributed by atoms with Gasteiger partial charge in [-0.05, 0) is 12.5 Å². The fourth-order valence-electron chi connectivity index (χ4n) is 1.62. The highest BCUT2D eigenvalue weighted by atomic mass is 32.1. The third kappa shape index (κ3) is 2.48. The highest BCUT2D eigenvalue weighted by Gasteiger charge is 2.19. The van der Waals surface area contributed by atoms with Crippen molar-refractivity contribution in [2.75, 3.05) is 0 Å². The van der Waals surface area contributed by atoms with E-state index in [-0.39, 0.29) is 0 Å². The molecule has 0 aliphatic rings. The van der Waals surface area contributed by atoms with Gasteiger partial charge in [0.05, 0.1) is 6.54 Å². The molecule has 1 heterocycles. The van der Waals surface area contributed by atoms with E-state index in [1.165, 1.54) is 0 Å². The SMILES string of the molecule is CC(C(=O)O)c1n[nH]n(Cc2ccccc2)c1=S. The van der Waals surface area contributed by atoms with Crippen molar-refractivity contribution >= 4 is 18.2 Å². The Morgan fingerprint density at radius 1 is 1.50 bits per heavy atom. The van der Waals surface area contributed by atoms with Gasteiger partial charge in [-0.15, -0.1) is 0 Å². The van der Waals surface area contributed by atoms with Crippen molar-refractivity contribution < 1.29 is 9.90 Å². The number of rotatable bonds is 4. The van der Waals surface area contributed by atoms with Gasteiger partial charge in [-0.25, -0.2) is 5.21 Å². The first-order valence-electron chi connectivity index (χ1n) is 5.51. The van der Waals surface area contributed by atoms with E-state index in [4.69, 9.17) is 17.3 Å². The molecule has 0 bridgehead atoms. The van der Waals surface area contributed by atoms with Crippen molar-refractivity contribution in [1.29, 1.82) is 0 Å². The molecule has 1 unspecified atom stereocenters. The molecule has 0 aliphatic heterocycles. The molecule has 0 saturated heterocycles. The maximum Gasteiger partial charge on any atom is 0.312 e. The van der Waals surface area contributed by atoms with Crippen molar-refractivity contribution in [2.45, 2.75) is 19.4 Å². The summed E-state index contributed by atoms with van der Waals surface area (Å²) in [5.74, 6) is -1.63. The molecule has 0 radical (unpaired) electrons. The van der Waals surface area contributed by atoms with E-state index < -0.39 is 11.9 Å². The number of aromatic nitrogens is 3. The summed E-state index contributed by atoms with van der Waals surface area (Å²) in [6.45, 7) is 2.13. The predicted molar refractivity (Wildman–Crippen MR) is 69.0 cm³/mol. The molecular formula is C12H13N3O2S. The van der Waals surface area contributed by atoms with E-state index in [2.05, 4.69) is 10.3 Å². The number of carboxylic acids is 1. The molecule has 2 aromatic rings. The first kappa shape index (κ1) is 12.5. The average molecular weight is 263 g/mol. The zero-order chi connectivity index (χ0) is 13.1. The summed E-state index contributed by atoms with van der Waals surface area (Å²) in [6.07, 6.45) is 0. The van der Waals surface area contributed by atoms with Crippen LogP contribution in [-0.4, -0.2) is 26.1 Å². The van der Waals surface area contributed by atoms with Crippen molar-refractivity contribution in [3.63, 3.8) is 0 Å². The number of hydrogen-bond acceptors (Lipinski definition) is 3. The van der Waals surface area contributed by atoms with Gasteiger partial charge >= 0.3 is 5.97 Å². The minimum Gasteiger partial charge on any atom is -0.481 e. The number of nitrogens with one attached hydrogen (secondary N) is 1. The van der Waals surface area contributed by atoms with Crippen LogP contribution in [0.15, 0.2) is 30.3 Å². The van der Waals surface area contributed by atoms with E-state index in [1.54, 1.807) is 11.6 Å². The third-order valence-corrected chi connectivity index (χ3v) is 3.15. The summed E-state index contributed by atoms with van der Waals surface area (Å²) in [4.78, 5) is 10.9. The maximum absolute atomic E-state index is 10.9. The Morgan fingerprint density at radius 2 is 2.17 bits per heavy atom. The standard InChI is InChI=1S/C12H13N3O2S/c1-8(12(16)17)10-11(18)15(14-13-10)7-9-5-3-2-4-6-9/h2-6,8,14H,7H2,1H3,(H,16,17). The lowest BCUT2D eigenvalue weighted by Crippen LogP contribution is -2.08. The van der Waals surface area contributed by atoms with Gasteiger partial charge in [0.2, 0.25) is 0 Å². The number of aromatic amines is 1. The maximum atomic E-state index is 10.9. The van der Waals surface area contributed by atoms with Gasteiger partial charge in [0.25, 0.3) is 0 Å². The van der Waals surface area contributed by atoms with Gasteiger partial charge in [0.15, 0.2) is 0 Å². The van der Waals surface area contributed by atoms with Crippen molar-refractivity contribution in [3.05, 3.63) is 46.2 Å². The van der Waals surface area contributed by atoms with E-state index in [0.29, 0.717) is 16.9 Å². The molecule has 1 aromatic carbocycles. The number of H-pyrrole nitrogens is 1. The lowest BCUT2D eigenvalue weighted by molar-refractivity contribution is -0.138. The number of aliphatic carboxylic acids is 1. The van der Waals surface area contributed by atoms with Gasteiger partial charge in [0.1, 0.15) is 16.3 Å². The van der Waals surface area contributed by atoms with Gasteiger partial charge in [0, 0.05) is 0 Å². The average Bonchev–Trinajstić information content (AvgIpc) is 2.71. The zero-order valence-electron chi connectivity index (χ0n) is 9.83. The molecule has 6 heteroatoms. The smallest absolute Gasteiger partial charge is 0.312 e.